The summed E-state index contributed by atoms with van der Waals surface area (Å²) in [6.45, 7) is 0.455. The fraction of sp³-hybridized carbons (Fsp3) is 1.00. The molecule has 3 nitrogen and oxygen atoms in total. The number of nitrogens with two attached hydrogens (primary N) is 1. The zero-order valence-electron chi connectivity index (χ0n) is 3.66. The molecule has 0 aromatic rings. The summed E-state index contributed by atoms with van der Waals surface area (Å²) in [5.41, 5.74) is 5.01. The molecule has 0 aliphatic heterocycles. The van der Waals surface area contributed by atoms with E-state index in [4.69, 9.17) is 10.3 Å². The lowest BCUT2D eigenvalue weighted by molar-refractivity contribution is 0.581. The number of hydrogen-bond acceptors (Lipinski definition) is 3. The van der Waals surface area contributed by atoms with Crippen LogP contribution in [0.5, 0.6) is 0 Å². The van der Waals surface area contributed by atoms with Crippen molar-refractivity contribution in [2.24, 2.45) is 5.73 Å². The monoisotopic (exact) mass is 141 g/mol. The minimum Gasteiger partial charge on any atom is -0.330 e. The first-order valence-corrected chi connectivity index (χ1v) is 4.32. The van der Waals surface area contributed by atoms with E-state index in [2.05, 4.69) is 0 Å². The van der Waals surface area contributed by atoms with Gasteiger partial charge in [0.05, 0.1) is 0 Å². The molecule has 0 fully saturated rings. The van der Waals surface area contributed by atoms with Crippen LogP contribution < -0.4 is 5.73 Å². The Labute approximate surface area is 48.3 Å². The van der Waals surface area contributed by atoms with E-state index >= 15 is 0 Å². The van der Waals surface area contributed by atoms with Gasteiger partial charge >= 0.3 is 0 Å². The third kappa shape index (κ3) is 6.42. The van der Waals surface area contributed by atoms with Crippen LogP contribution >= 0.6 is 10.8 Å². The third-order valence-corrected chi connectivity index (χ3v) is 2.01. The van der Waals surface area contributed by atoms with Crippen LogP contribution in [0.3, 0.4) is 0 Å². The van der Waals surface area contributed by atoms with Crippen LogP contribution in [0.25, 0.3) is 0 Å². The fourth-order valence-electron chi connectivity index (χ4n) is 0.119. The van der Waals surface area contributed by atoms with Crippen LogP contribution in [0, 0.1) is 0 Å². The molecule has 0 saturated heterocycles. The van der Waals surface area contributed by atoms with Gasteiger partial charge in [0.1, 0.15) is 0 Å². The molecule has 0 rings (SSSR count). The summed E-state index contributed by atoms with van der Waals surface area (Å²) < 4.78 is 17.8. The summed E-state index contributed by atoms with van der Waals surface area (Å²) in [6.07, 6.45) is 0. The Kier molecular flexibility index (Phi) is 4.85. The van der Waals surface area contributed by atoms with E-state index in [0.29, 0.717) is 12.3 Å². The van der Waals surface area contributed by atoms with Gasteiger partial charge in [0.25, 0.3) is 0 Å². The molecule has 7 heavy (non-hydrogen) atoms. The minimum atomic E-state index is -1.73. The summed E-state index contributed by atoms with van der Waals surface area (Å²) in [5, 5.41) is 0. The van der Waals surface area contributed by atoms with Gasteiger partial charge in [0, 0.05) is 12.3 Å². The van der Waals surface area contributed by atoms with Crippen molar-refractivity contribution in [2.75, 3.05) is 12.3 Å². The van der Waals surface area contributed by atoms with Crippen LogP contribution in [-0.4, -0.2) is 21.1 Å². The van der Waals surface area contributed by atoms with Gasteiger partial charge in [-0.05, 0) is 10.8 Å². The molecule has 0 bridgehead atoms. The van der Waals surface area contributed by atoms with E-state index < -0.39 is 10.1 Å². The summed E-state index contributed by atoms with van der Waals surface area (Å²) in [5.74, 6) is 0.545. The number of rotatable bonds is 3. The SMILES string of the molecule is NCCSS(=O)O. The van der Waals surface area contributed by atoms with Crippen LogP contribution in [0.1, 0.15) is 0 Å². The first-order chi connectivity index (χ1) is 3.27. The zero-order valence-corrected chi connectivity index (χ0v) is 5.30. The second-order valence-corrected chi connectivity index (χ2v) is 3.47. The Bertz CT molecular complexity index is 66.7. The first-order valence-electron chi connectivity index (χ1n) is 1.71. The van der Waals surface area contributed by atoms with Gasteiger partial charge in [0.15, 0.2) is 0 Å². The lowest BCUT2D eigenvalue weighted by Crippen LogP contribution is -2.01. The van der Waals surface area contributed by atoms with Gasteiger partial charge in [-0.25, -0.2) is 4.21 Å². The second-order valence-electron chi connectivity index (χ2n) is 0.828. The van der Waals surface area contributed by atoms with Gasteiger partial charge in [-0.3, -0.25) is 4.55 Å². The maximum atomic E-state index is 9.78. The Morgan fingerprint density at radius 3 is 2.57 bits per heavy atom. The van der Waals surface area contributed by atoms with E-state index in [1.807, 2.05) is 0 Å². The van der Waals surface area contributed by atoms with E-state index in [9.17, 15) is 4.21 Å². The van der Waals surface area contributed by atoms with Crippen molar-refractivity contribution in [2.45, 2.75) is 0 Å². The van der Waals surface area contributed by atoms with Crippen molar-refractivity contribution in [1.29, 1.82) is 0 Å². The molecule has 0 amide bonds. The highest BCUT2D eigenvalue weighted by molar-refractivity contribution is 8.67. The molecule has 0 spiro atoms. The van der Waals surface area contributed by atoms with Crippen molar-refractivity contribution in [3.8, 4) is 0 Å². The predicted octanol–water partition coefficient (Wildman–Crippen LogP) is -0.185. The van der Waals surface area contributed by atoms with Gasteiger partial charge < -0.3 is 5.73 Å². The van der Waals surface area contributed by atoms with Gasteiger partial charge in [-0.15, -0.1) is 0 Å². The van der Waals surface area contributed by atoms with Crippen molar-refractivity contribution in [3.63, 3.8) is 0 Å². The van der Waals surface area contributed by atoms with Gasteiger partial charge in [-0.2, -0.15) is 0 Å². The summed E-state index contributed by atoms with van der Waals surface area (Å²) >= 11 is 0. The Morgan fingerprint density at radius 2 is 2.43 bits per heavy atom. The minimum absolute atomic E-state index is 0.455. The molecule has 1 unspecified atom stereocenters. The van der Waals surface area contributed by atoms with Gasteiger partial charge in [0.2, 0.25) is 10.1 Å². The molecule has 0 radical (unpaired) electrons. The quantitative estimate of drug-likeness (QED) is 0.422. The van der Waals surface area contributed by atoms with E-state index in [0.717, 1.165) is 10.8 Å². The van der Waals surface area contributed by atoms with Crippen molar-refractivity contribution >= 4 is 20.9 Å². The zero-order chi connectivity index (χ0) is 5.70. The standard InChI is InChI=1S/C2H7NO2S2/c3-1-2-6-7(4)5/h1-3H2,(H,4,5). The predicted molar refractivity (Wildman–Crippen MR) is 32.3 cm³/mol. The smallest absolute Gasteiger partial charge is 0.216 e. The highest BCUT2D eigenvalue weighted by Gasteiger charge is 1.88. The van der Waals surface area contributed by atoms with E-state index in [-0.39, 0.29) is 0 Å². The highest BCUT2D eigenvalue weighted by atomic mass is 33.1. The van der Waals surface area contributed by atoms with Crippen molar-refractivity contribution in [1.82, 2.24) is 0 Å². The average molecular weight is 141 g/mol. The molecule has 0 heterocycles. The lowest BCUT2D eigenvalue weighted by atomic mass is 10.8. The molecule has 3 N–H and O–H groups in total. The van der Waals surface area contributed by atoms with Crippen LogP contribution in [-0.2, 0) is 10.1 Å². The van der Waals surface area contributed by atoms with Gasteiger partial charge in [-0.1, -0.05) is 0 Å². The Hall–Kier alpha value is 0.420. The molecular formula is C2H7NO2S2. The molecule has 0 saturated carbocycles. The molecule has 44 valence electrons. The van der Waals surface area contributed by atoms with Crippen molar-refractivity contribution in [3.05, 3.63) is 0 Å². The maximum Gasteiger partial charge on any atom is 0.216 e. The molecular weight excluding hydrogens is 134 g/mol. The van der Waals surface area contributed by atoms with E-state index in [1.54, 1.807) is 0 Å². The second kappa shape index (κ2) is 4.58. The average Bonchev–Trinajstić information content (AvgIpc) is 1.61. The third-order valence-electron chi connectivity index (χ3n) is 0.302. The molecule has 0 aromatic heterocycles. The molecule has 0 aliphatic rings. The Balaban J connectivity index is 2.82. The first kappa shape index (κ1) is 7.42. The topological polar surface area (TPSA) is 63.3 Å². The summed E-state index contributed by atoms with van der Waals surface area (Å²) in [7, 11) is -0.795. The van der Waals surface area contributed by atoms with Crippen LogP contribution in [0.15, 0.2) is 0 Å². The highest BCUT2D eigenvalue weighted by Crippen LogP contribution is 2.00. The number of hydrogen-bond donors (Lipinski definition) is 2. The summed E-state index contributed by atoms with van der Waals surface area (Å²) in [6, 6.07) is 0. The van der Waals surface area contributed by atoms with Crippen LogP contribution in [0.2, 0.25) is 0 Å². The Morgan fingerprint density at radius 1 is 1.86 bits per heavy atom. The summed E-state index contributed by atoms with van der Waals surface area (Å²) in [4.78, 5) is 0. The molecule has 0 aliphatic carbocycles. The fourth-order valence-corrected chi connectivity index (χ4v) is 1.07. The van der Waals surface area contributed by atoms with Crippen LogP contribution in [0.4, 0.5) is 0 Å². The molecule has 1 atom stereocenters. The normalized spacial score (nSPS) is 14.0. The van der Waals surface area contributed by atoms with E-state index in [1.165, 1.54) is 0 Å². The largest absolute Gasteiger partial charge is 0.330 e. The van der Waals surface area contributed by atoms with Crippen molar-refractivity contribution < 1.29 is 8.76 Å². The molecule has 0 aromatic carbocycles. The molecule has 5 heteroatoms. The lowest BCUT2D eigenvalue weighted by Gasteiger charge is -1.86. The maximum absolute atomic E-state index is 9.78.